The SMILES string of the molecule is CC(C)n1c(Br)cnc1NC1CC1. The number of hydrogen-bond donors (Lipinski definition) is 1. The Labute approximate surface area is 86.7 Å². The standard InChI is InChI=1S/C9H14BrN3/c1-6(2)13-8(10)5-11-9(13)12-7-3-4-7/h5-7H,3-4H2,1-2H3,(H,11,12). The summed E-state index contributed by atoms with van der Waals surface area (Å²) in [5.41, 5.74) is 0. The van der Waals surface area contributed by atoms with Crippen LogP contribution in [0.15, 0.2) is 10.8 Å². The molecule has 3 nitrogen and oxygen atoms in total. The molecule has 1 aromatic rings. The first-order valence-corrected chi connectivity index (χ1v) is 5.47. The largest absolute Gasteiger partial charge is 0.353 e. The second-order valence-corrected chi connectivity index (χ2v) is 4.60. The highest BCUT2D eigenvalue weighted by molar-refractivity contribution is 9.10. The number of halogens is 1. The van der Waals surface area contributed by atoms with Crippen molar-refractivity contribution in [2.45, 2.75) is 38.8 Å². The Kier molecular flexibility index (Phi) is 2.32. The summed E-state index contributed by atoms with van der Waals surface area (Å²) in [6, 6.07) is 1.10. The van der Waals surface area contributed by atoms with Crippen molar-refractivity contribution in [3.05, 3.63) is 10.8 Å². The molecule has 0 amide bonds. The first-order chi connectivity index (χ1) is 6.18. The molecule has 13 heavy (non-hydrogen) atoms. The maximum atomic E-state index is 4.32. The van der Waals surface area contributed by atoms with Crippen molar-refractivity contribution in [2.24, 2.45) is 0 Å². The van der Waals surface area contributed by atoms with Crippen LogP contribution in [0.5, 0.6) is 0 Å². The number of aromatic nitrogens is 2. The van der Waals surface area contributed by atoms with Gasteiger partial charge < -0.3 is 9.88 Å². The van der Waals surface area contributed by atoms with Gasteiger partial charge in [0, 0.05) is 12.1 Å². The fraction of sp³-hybridized carbons (Fsp3) is 0.667. The van der Waals surface area contributed by atoms with Crippen molar-refractivity contribution in [3.8, 4) is 0 Å². The third kappa shape index (κ3) is 1.88. The summed E-state index contributed by atoms with van der Waals surface area (Å²) < 4.78 is 3.21. The maximum absolute atomic E-state index is 4.32. The quantitative estimate of drug-likeness (QED) is 0.885. The molecule has 4 heteroatoms. The van der Waals surface area contributed by atoms with E-state index in [1.165, 1.54) is 12.8 Å². The predicted octanol–water partition coefficient (Wildman–Crippen LogP) is 2.80. The fourth-order valence-electron chi connectivity index (χ4n) is 1.35. The Morgan fingerprint density at radius 3 is 2.85 bits per heavy atom. The molecule has 0 spiro atoms. The monoisotopic (exact) mass is 243 g/mol. The second kappa shape index (κ2) is 3.33. The van der Waals surface area contributed by atoms with Crippen LogP contribution in [0.1, 0.15) is 32.7 Å². The summed E-state index contributed by atoms with van der Waals surface area (Å²) in [7, 11) is 0. The molecular formula is C9H14BrN3. The van der Waals surface area contributed by atoms with Gasteiger partial charge in [0.2, 0.25) is 5.95 Å². The van der Waals surface area contributed by atoms with Crippen LogP contribution in [-0.4, -0.2) is 15.6 Å². The Balaban J connectivity index is 2.22. The van der Waals surface area contributed by atoms with Gasteiger partial charge in [-0.2, -0.15) is 0 Å². The van der Waals surface area contributed by atoms with Crippen LogP contribution in [0.25, 0.3) is 0 Å². The number of nitrogens with zero attached hydrogens (tertiary/aromatic N) is 2. The minimum absolute atomic E-state index is 0.443. The lowest BCUT2D eigenvalue weighted by atomic mass is 10.4. The van der Waals surface area contributed by atoms with Crippen LogP contribution < -0.4 is 5.32 Å². The van der Waals surface area contributed by atoms with Crippen molar-refractivity contribution in [2.75, 3.05) is 5.32 Å². The van der Waals surface area contributed by atoms with Gasteiger partial charge in [0.05, 0.1) is 6.20 Å². The van der Waals surface area contributed by atoms with E-state index in [0.29, 0.717) is 12.1 Å². The normalized spacial score (nSPS) is 16.6. The number of imidazole rings is 1. The van der Waals surface area contributed by atoms with E-state index in [2.05, 4.69) is 44.6 Å². The zero-order valence-electron chi connectivity index (χ0n) is 7.92. The third-order valence-electron chi connectivity index (χ3n) is 2.18. The zero-order valence-corrected chi connectivity index (χ0v) is 9.50. The molecule has 1 aliphatic carbocycles. The number of hydrogen-bond acceptors (Lipinski definition) is 2. The van der Waals surface area contributed by atoms with Gasteiger partial charge in [-0.1, -0.05) is 0 Å². The molecule has 0 saturated heterocycles. The minimum Gasteiger partial charge on any atom is -0.353 e. The Bertz CT molecular complexity index is 302. The van der Waals surface area contributed by atoms with Gasteiger partial charge in [0.1, 0.15) is 4.60 Å². The van der Waals surface area contributed by atoms with Crippen LogP contribution in [-0.2, 0) is 0 Å². The molecule has 0 aromatic carbocycles. The predicted molar refractivity (Wildman–Crippen MR) is 57.0 cm³/mol. The highest BCUT2D eigenvalue weighted by atomic mass is 79.9. The summed E-state index contributed by atoms with van der Waals surface area (Å²) in [5, 5.41) is 3.41. The van der Waals surface area contributed by atoms with E-state index in [1.54, 1.807) is 0 Å². The molecule has 0 radical (unpaired) electrons. The lowest BCUT2D eigenvalue weighted by molar-refractivity contribution is 0.594. The van der Waals surface area contributed by atoms with E-state index in [9.17, 15) is 0 Å². The van der Waals surface area contributed by atoms with Crippen LogP contribution >= 0.6 is 15.9 Å². The molecule has 0 bridgehead atoms. The fourth-order valence-corrected chi connectivity index (χ4v) is 2.03. The smallest absolute Gasteiger partial charge is 0.204 e. The Morgan fingerprint density at radius 2 is 2.31 bits per heavy atom. The summed E-state index contributed by atoms with van der Waals surface area (Å²) >= 11 is 3.49. The highest BCUT2D eigenvalue weighted by Crippen LogP contribution is 2.28. The molecule has 0 unspecified atom stereocenters. The van der Waals surface area contributed by atoms with Crippen LogP contribution in [0.3, 0.4) is 0 Å². The number of nitrogens with one attached hydrogen (secondary N) is 1. The minimum atomic E-state index is 0.443. The van der Waals surface area contributed by atoms with Gasteiger partial charge in [-0.3, -0.25) is 0 Å². The van der Waals surface area contributed by atoms with E-state index in [-0.39, 0.29) is 0 Å². The number of anilines is 1. The van der Waals surface area contributed by atoms with Crippen LogP contribution in [0.2, 0.25) is 0 Å². The van der Waals surface area contributed by atoms with Crippen molar-refractivity contribution in [1.82, 2.24) is 9.55 Å². The molecule has 2 rings (SSSR count). The van der Waals surface area contributed by atoms with E-state index in [4.69, 9.17) is 0 Å². The summed E-state index contributed by atoms with van der Waals surface area (Å²) in [6.45, 7) is 4.31. The molecule has 1 N–H and O–H groups in total. The summed E-state index contributed by atoms with van der Waals surface area (Å²) in [4.78, 5) is 4.32. The summed E-state index contributed by atoms with van der Waals surface area (Å²) in [5.74, 6) is 0.990. The molecule has 1 aromatic heterocycles. The Hall–Kier alpha value is -0.510. The summed E-state index contributed by atoms with van der Waals surface area (Å²) in [6.07, 6.45) is 4.41. The molecule has 1 aliphatic rings. The van der Waals surface area contributed by atoms with Crippen molar-refractivity contribution >= 4 is 21.9 Å². The van der Waals surface area contributed by atoms with E-state index >= 15 is 0 Å². The van der Waals surface area contributed by atoms with E-state index in [1.807, 2.05) is 6.20 Å². The molecule has 72 valence electrons. The van der Waals surface area contributed by atoms with E-state index in [0.717, 1.165) is 10.6 Å². The lowest BCUT2D eigenvalue weighted by Crippen LogP contribution is -2.11. The molecular weight excluding hydrogens is 230 g/mol. The first kappa shape index (κ1) is 9.06. The van der Waals surface area contributed by atoms with Crippen LogP contribution in [0, 0.1) is 0 Å². The molecule has 1 fully saturated rings. The average molecular weight is 244 g/mol. The third-order valence-corrected chi connectivity index (χ3v) is 2.77. The van der Waals surface area contributed by atoms with Gasteiger partial charge in [-0.25, -0.2) is 4.98 Å². The highest BCUT2D eigenvalue weighted by Gasteiger charge is 2.23. The molecule has 1 heterocycles. The van der Waals surface area contributed by atoms with Gasteiger partial charge >= 0.3 is 0 Å². The maximum Gasteiger partial charge on any atom is 0.204 e. The zero-order chi connectivity index (χ0) is 9.42. The van der Waals surface area contributed by atoms with Gasteiger partial charge in [0.25, 0.3) is 0 Å². The topological polar surface area (TPSA) is 29.9 Å². The van der Waals surface area contributed by atoms with Crippen molar-refractivity contribution < 1.29 is 0 Å². The first-order valence-electron chi connectivity index (χ1n) is 4.67. The van der Waals surface area contributed by atoms with Gasteiger partial charge in [-0.05, 0) is 42.6 Å². The molecule has 0 aliphatic heterocycles. The van der Waals surface area contributed by atoms with Crippen molar-refractivity contribution in [3.63, 3.8) is 0 Å². The lowest BCUT2D eigenvalue weighted by Gasteiger charge is -2.13. The Morgan fingerprint density at radius 1 is 1.62 bits per heavy atom. The van der Waals surface area contributed by atoms with Gasteiger partial charge in [0.15, 0.2) is 0 Å². The number of rotatable bonds is 3. The average Bonchev–Trinajstić information content (AvgIpc) is 2.76. The van der Waals surface area contributed by atoms with Crippen LogP contribution in [0.4, 0.5) is 5.95 Å². The second-order valence-electron chi connectivity index (χ2n) is 3.79. The molecule has 1 saturated carbocycles. The van der Waals surface area contributed by atoms with E-state index < -0.39 is 0 Å². The van der Waals surface area contributed by atoms with Crippen molar-refractivity contribution in [1.29, 1.82) is 0 Å². The molecule has 0 atom stereocenters. The van der Waals surface area contributed by atoms with Gasteiger partial charge in [-0.15, -0.1) is 0 Å².